The number of hydrogen-bond donors (Lipinski definition) is 1. The number of benzene rings is 1. The quantitative estimate of drug-likeness (QED) is 0.879. The topological polar surface area (TPSA) is 42.0 Å². The molecule has 1 heterocycles. The van der Waals surface area contributed by atoms with Gasteiger partial charge in [0.05, 0.1) is 15.0 Å². The Morgan fingerprint density at radius 2 is 2.12 bits per heavy atom. The van der Waals surface area contributed by atoms with Gasteiger partial charge in [0.1, 0.15) is 0 Å². The van der Waals surface area contributed by atoms with Crippen molar-refractivity contribution in [3.63, 3.8) is 0 Å². The van der Waals surface area contributed by atoms with Crippen LogP contribution in [-0.4, -0.2) is 15.7 Å². The molecule has 0 bridgehead atoms. The third kappa shape index (κ3) is 2.84. The Kier molecular flexibility index (Phi) is 3.79. The predicted molar refractivity (Wildman–Crippen MR) is 75.8 cm³/mol. The van der Waals surface area contributed by atoms with Gasteiger partial charge in [0.15, 0.2) is 5.13 Å². The number of fused-ring (bicyclic) bond motifs is 1. The molecule has 1 atom stereocenters. The predicted octanol–water partition coefficient (Wildman–Crippen LogP) is 3.65. The number of nitrogens with zero attached hydrogens (tertiary/aromatic N) is 1. The van der Waals surface area contributed by atoms with Crippen LogP contribution in [0, 0.1) is 5.92 Å². The first-order valence-corrected chi connectivity index (χ1v) is 7.11. The maximum absolute atomic E-state index is 11.8. The highest BCUT2D eigenvalue weighted by atomic mass is 79.9. The van der Waals surface area contributed by atoms with Gasteiger partial charge in [0.25, 0.3) is 0 Å². The van der Waals surface area contributed by atoms with E-state index in [2.05, 4.69) is 26.2 Å². The zero-order valence-corrected chi connectivity index (χ0v) is 12.0. The van der Waals surface area contributed by atoms with Gasteiger partial charge >= 0.3 is 0 Å². The van der Waals surface area contributed by atoms with Gasteiger partial charge in [-0.3, -0.25) is 4.79 Å². The molecule has 2 aromatic rings. The third-order valence-corrected chi connectivity index (χ3v) is 4.78. The number of carbonyl (C=O) groups excluding carboxylic acids is 1. The number of carbonyl (C=O) groups is 1. The van der Waals surface area contributed by atoms with Gasteiger partial charge in [-0.25, -0.2) is 4.98 Å². The number of hydrogen-bond acceptors (Lipinski definition) is 3. The fraction of sp³-hybridized carbons (Fsp3) is 0.333. The van der Waals surface area contributed by atoms with Gasteiger partial charge in [0, 0.05) is 0 Å². The number of amides is 1. The van der Waals surface area contributed by atoms with Crippen molar-refractivity contribution in [2.24, 2.45) is 5.92 Å². The summed E-state index contributed by atoms with van der Waals surface area (Å²) in [6, 6.07) is 7.84. The Balaban J connectivity index is 2.16. The summed E-state index contributed by atoms with van der Waals surface area (Å²) in [5, 5.41) is 3.49. The van der Waals surface area contributed by atoms with Crippen LogP contribution in [0.3, 0.4) is 0 Å². The van der Waals surface area contributed by atoms with E-state index in [-0.39, 0.29) is 16.7 Å². The first-order chi connectivity index (χ1) is 8.08. The first kappa shape index (κ1) is 12.5. The molecule has 2 rings (SSSR count). The van der Waals surface area contributed by atoms with Crippen molar-refractivity contribution >= 4 is 48.5 Å². The lowest BCUT2D eigenvalue weighted by molar-refractivity contribution is -0.116. The zero-order chi connectivity index (χ0) is 12.4. The number of rotatable bonds is 3. The molecule has 0 aliphatic carbocycles. The maximum Gasteiger partial charge on any atom is 0.240 e. The van der Waals surface area contributed by atoms with Gasteiger partial charge in [-0.1, -0.05) is 53.2 Å². The second-order valence-electron chi connectivity index (χ2n) is 4.12. The first-order valence-electron chi connectivity index (χ1n) is 5.38. The molecule has 90 valence electrons. The van der Waals surface area contributed by atoms with E-state index >= 15 is 0 Å². The molecule has 0 saturated heterocycles. The third-order valence-electron chi connectivity index (χ3n) is 2.36. The minimum absolute atomic E-state index is 0.0425. The van der Waals surface area contributed by atoms with Crippen LogP contribution in [0.5, 0.6) is 0 Å². The van der Waals surface area contributed by atoms with Crippen LogP contribution in [0.4, 0.5) is 5.13 Å². The molecule has 0 fully saturated rings. The number of nitrogens with one attached hydrogen (secondary N) is 1. The van der Waals surface area contributed by atoms with Gasteiger partial charge in [-0.2, -0.15) is 0 Å². The summed E-state index contributed by atoms with van der Waals surface area (Å²) < 4.78 is 1.08. The maximum atomic E-state index is 11.8. The molecule has 3 nitrogen and oxygen atoms in total. The normalized spacial score (nSPS) is 12.9. The zero-order valence-electron chi connectivity index (χ0n) is 9.61. The molecular formula is C12H13BrN2OS. The van der Waals surface area contributed by atoms with Gasteiger partial charge < -0.3 is 5.32 Å². The monoisotopic (exact) mass is 312 g/mol. The number of thiazole rings is 1. The second kappa shape index (κ2) is 5.14. The van der Waals surface area contributed by atoms with E-state index in [4.69, 9.17) is 0 Å². The number of halogens is 1. The molecule has 0 aliphatic rings. The Hall–Kier alpha value is -0.940. The standard InChI is InChI=1S/C12H13BrN2OS/c1-7(2)10(13)11(16)15-12-14-8-5-3-4-6-9(8)17-12/h3-7,10H,1-2H3,(H,14,15,16). The Morgan fingerprint density at radius 1 is 1.41 bits per heavy atom. The summed E-state index contributed by atoms with van der Waals surface area (Å²) in [6.45, 7) is 3.99. The fourth-order valence-electron chi connectivity index (χ4n) is 1.40. The van der Waals surface area contributed by atoms with Crippen LogP contribution in [0.1, 0.15) is 13.8 Å². The lowest BCUT2D eigenvalue weighted by Gasteiger charge is -2.11. The van der Waals surface area contributed by atoms with Gasteiger partial charge in [-0.15, -0.1) is 0 Å². The number of alkyl halides is 1. The van der Waals surface area contributed by atoms with Crippen LogP contribution in [0.25, 0.3) is 10.2 Å². The van der Waals surface area contributed by atoms with Crippen LogP contribution in [0.2, 0.25) is 0 Å². The molecular weight excluding hydrogens is 300 g/mol. The van der Waals surface area contributed by atoms with E-state index in [0.717, 1.165) is 10.2 Å². The van der Waals surface area contributed by atoms with Crippen molar-refractivity contribution in [2.45, 2.75) is 18.7 Å². The number of aromatic nitrogens is 1. The molecule has 0 radical (unpaired) electrons. The smallest absolute Gasteiger partial charge is 0.240 e. The van der Waals surface area contributed by atoms with E-state index in [1.807, 2.05) is 38.1 Å². The molecule has 0 spiro atoms. The van der Waals surface area contributed by atoms with Crippen molar-refractivity contribution in [1.82, 2.24) is 4.98 Å². The van der Waals surface area contributed by atoms with Crippen LogP contribution < -0.4 is 5.32 Å². The molecule has 1 aromatic heterocycles. The van der Waals surface area contributed by atoms with Crippen LogP contribution in [0.15, 0.2) is 24.3 Å². The molecule has 5 heteroatoms. The summed E-state index contributed by atoms with van der Waals surface area (Å²) in [5.74, 6) is 0.212. The van der Waals surface area contributed by atoms with Crippen molar-refractivity contribution in [3.05, 3.63) is 24.3 Å². The van der Waals surface area contributed by atoms with Crippen LogP contribution in [-0.2, 0) is 4.79 Å². The molecule has 1 amide bonds. The number of para-hydroxylation sites is 1. The van der Waals surface area contributed by atoms with E-state index < -0.39 is 0 Å². The lowest BCUT2D eigenvalue weighted by atomic mass is 10.1. The number of anilines is 1. The summed E-state index contributed by atoms with van der Waals surface area (Å²) in [7, 11) is 0. The Morgan fingerprint density at radius 3 is 2.76 bits per heavy atom. The average Bonchev–Trinajstić information content (AvgIpc) is 2.69. The summed E-state index contributed by atoms with van der Waals surface area (Å²) in [6.07, 6.45) is 0. The largest absolute Gasteiger partial charge is 0.301 e. The molecule has 0 saturated carbocycles. The summed E-state index contributed by atoms with van der Waals surface area (Å²) in [5.41, 5.74) is 0.920. The minimum atomic E-state index is -0.186. The van der Waals surface area contributed by atoms with E-state index in [1.165, 1.54) is 11.3 Å². The average molecular weight is 313 g/mol. The van der Waals surface area contributed by atoms with E-state index in [9.17, 15) is 4.79 Å². The van der Waals surface area contributed by atoms with Gasteiger partial charge in [-0.05, 0) is 18.1 Å². The van der Waals surface area contributed by atoms with E-state index in [1.54, 1.807) is 0 Å². The second-order valence-corrected chi connectivity index (χ2v) is 6.14. The minimum Gasteiger partial charge on any atom is -0.301 e. The highest BCUT2D eigenvalue weighted by Crippen LogP contribution is 2.26. The van der Waals surface area contributed by atoms with Crippen molar-refractivity contribution in [3.8, 4) is 0 Å². The molecule has 1 N–H and O–H groups in total. The highest BCUT2D eigenvalue weighted by Gasteiger charge is 2.19. The van der Waals surface area contributed by atoms with Crippen molar-refractivity contribution in [2.75, 3.05) is 5.32 Å². The molecule has 1 unspecified atom stereocenters. The van der Waals surface area contributed by atoms with Crippen molar-refractivity contribution < 1.29 is 4.79 Å². The van der Waals surface area contributed by atoms with Crippen molar-refractivity contribution in [1.29, 1.82) is 0 Å². The SMILES string of the molecule is CC(C)C(Br)C(=O)Nc1nc2ccccc2s1. The van der Waals surface area contributed by atoms with Gasteiger partial charge in [0.2, 0.25) is 5.91 Å². The molecule has 17 heavy (non-hydrogen) atoms. The summed E-state index contributed by atoms with van der Waals surface area (Å²) in [4.78, 5) is 16.0. The molecule has 1 aromatic carbocycles. The Bertz CT molecular complexity index is 505. The fourth-order valence-corrected chi connectivity index (χ4v) is 2.39. The van der Waals surface area contributed by atoms with E-state index in [0.29, 0.717) is 5.13 Å². The Labute approximate surface area is 112 Å². The highest BCUT2D eigenvalue weighted by molar-refractivity contribution is 9.10. The van der Waals surface area contributed by atoms with Crippen LogP contribution >= 0.6 is 27.3 Å². The lowest BCUT2D eigenvalue weighted by Crippen LogP contribution is -2.26. The molecule has 0 aliphatic heterocycles. The summed E-state index contributed by atoms with van der Waals surface area (Å²) >= 11 is 4.86.